The Labute approximate surface area is 131 Å². The van der Waals surface area contributed by atoms with Gasteiger partial charge in [-0.3, -0.25) is 14.4 Å². The fourth-order valence-electron chi connectivity index (χ4n) is 2.50. The fraction of sp³-hybridized carbons (Fsp3) is 0.333. The monoisotopic (exact) mass is 349 g/mol. The first kappa shape index (κ1) is 14.1. The van der Waals surface area contributed by atoms with Gasteiger partial charge in [-0.05, 0) is 41.9 Å². The molecule has 1 aromatic carbocycles. The number of aryl methyl sites for hydroxylation is 2. The Morgan fingerprint density at radius 1 is 1.38 bits per heavy atom. The second-order valence-electron chi connectivity index (χ2n) is 4.90. The van der Waals surface area contributed by atoms with Gasteiger partial charge in [0.05, 0.1) is 28.1 Å². The molecule has 5 nitrogen and oxygen atoms in total. The lowest BCUT2D eigenvalue weighted by Crippen LogP contribution is -2.38. The van der Waals surface area contributed by atoms with Crippen LogP contribution in [0, 0.1) is 6.92 Å². The molecule has 1 aliphatic rings. The van der Waals surface area contributed by atoms with Crippen LogP contribution in [0.5, 0.6) is 5.75 Å². The number of fused-ring (bicyclic) bond motifs is 1. The normalized spacial score (nSPS) is 14.0. The van der Waals surface area contributed by atoms with E-state index in [0.717, 1.165) is 33.8 Å². The molecule has 0 fully saturated rings. The van der Waals surface area contributed by atoms with E-state index in [9.17, 15) is 4.79 Å². The fourth-order valence-corrected chi connectivity index (χ4v) is 2.91. The minimum absolute atomic E-state index is 0.0397. The molecule has 0 saturated carbocycles. The Kier molecular flexibility index (Phi) is 3.71. The summed E-state index contributed by atoms with van der Waals surface area (Å²) in [7, 11) is 0. The molecule has 1 aliphatic heterocycles. The number of carbonyl (C=O) groups is 1. The molecule has 0 N–H and O–H groups in total. The standard InChI is InChI=1S/C15H16BrN3O2/c1-3-19-12(15(16)10(2)17-19)8-18-11-6-4-5-7-13(11)21-9-14(18)20/h4-7H,3,8-9H2,1-2H3. The third kappa shape index (κ3) is 2.44. The molecule has 1 aromatic heterocycles. The maximum Gasteiger partial charge on any atom is 0.265 e. The van der Waals surface area contributed by atoms with Crippen molar-refractivity contribution in [3.05, 3.63) is 40.1 Å². The summed E-state index contributed by atoms with van der Waals surface area (Å²) in [5.41, 5.74) is 2.74. The third-order valence-electron chi connectivity index (χ3n) is 3.57. The number of ether oxygens (including phenoxy) is 1. The van der Waals surface area contributed by atoms with Gasteiger partial charge in [0.25, 0.3) is 5.91 Å². The Morgan fingerprint density at radius 2 is 2.14 bits per heavy atom. The number of hydrogen-bond donors (Lipinski definition) is 0. The number of aromatic nitrogens is 2. The van der Waals surface area contributed by atoms with Gasteiger partial charge in [0.2, 0.25) is 0 Å². The van der Waals surface area contributed by atoms with Crippen molar-refractivity contribution in [2.45, 2.75) is 26.9 Å². The highest BCUT2D eigenvalue weighted by Gasteiger charge is 2.27. The van der Waals surface area contributed by atoms with E-state index < -0.39 is 0 Å². The van der Waals surface area contributed by atoms with Crippen molar-refractivity contribution >= 4 is 27.5 Å². The number of carbonyl (C=O) groups excluding carboxylic acids is 1. The second-order valence-corrected chi connectivity index (χ2v) is 5.69. The van der Waals surface area contributed by atoms with E-state index in [1.807, 2.05) is 42.8 Å². The van der Waals surface area contributed by atoms with E-state index in [1.54, 1.807) is 4.90 Å². The summed E-state index contributed by atoms with van der Waals surface area (Å²) in [6.07, 6.45) is 0. The summed E-state index contributed by atoms with van der Waals surface area (Å²) >= 11 is 3.58. The summed E-state index contributed by atoms with van der Waals surface area (Å²) in [5, 5.41) is 4.48. The largest absolute Gasteiger partial charge is 0.482 e. The number of anilines is 1. The topological polar surface area (TPSA) is 47.4 Å². The van der Waals surface area contributed by atoms with E-state index in [4.69, 9.17) is 4.74 Å². The van der Waals surface area contributed by atoms with Gasteiger partial charge >= 0.3 is 0 Å². The lowest BCUT2D eigenvalue weighted by Gasteiger charge is -2.29. The van der Waals surface area contributed by atoms with E-state index in [0.29, 0.717) is 6.54 Å². The van der Waals surface area contributed by atoms with Gasteiger partial charge < -0.3 is 4.74 Å². The van der Waals surface area contributed by atoms with Gasteiger partial charge in [0.1, 0.15) is 5.75 Å². The lowest BCUT2D eigenvalue weighted by molar-refractivity contribution is -0.121. The van der Waals surface area contributed by atoms with Gasteiger partial charge in [0, 0.05) is 6.54 Å². The van der Waals surface area contributed by atoms with Gasteiger partial charge in [-0.1, -0.05) is 12.1 Å². The summed E-state index contributed by atoms with van der Waals surface area (Å²) < 4.78 is 8.35. The molecule has 0 aliphatic carbocycles. The molecule has 0 spiro atoms. The minimum Gasteiger partial charge on any atom is -0.482 e. The molecule has 0 atom stereocenters. The Bertz CT molecular complexity index is 696. The summed E-state index contributed by atoms with van der Waals surface area (Å²) in [6.45, 7) is 5.32. The van der Waals surface area contributed by atoms with Gasteiger partial charge in [-0.2, -0.15) is 5.10 Å². The van der Waals surface area contributed by atoms with Crippen LogP contribution in [-0.4, -0.2) is 22.3 Å². The smallest absolute Gasteiger partial charge is 0.265 e. The molecule has 0 radical (unpaired) electrons. The Balaban J connectivity index is 2.00. The van der Waals surface area contributed by atoms with Crippen molar-refractivity contribution in [3.8, 4) is 5.75 Å². The molecule has 110 valence electrons. The van der Waals surface area contributed by atoms with E-state index in [-0.39, 0.29) is 12.5 Å². The molecule has 0 bridgehead atoms. The van der Waals surface area contributed by atoms with E-state index in [2.05, 4.69) is 21.0 Å². The average Bonchev–Trinajstić information content (AvgIpc) is 2.77. The number of amides is 1. The summed E-state index contributed by atoms with van der Waals surface area (Å²) in [4.78, 5) is 14.0. The van der Waals surface area contributed by atoms with Crippen LogP contribution in [0.3, 0.4) is 0 Å². The molecule has 1 amide bonds. The van der Waals surface area contributed by atoms with Gasteiger partial charge in [-0.15, -0.1) is 0 Å². The third-order valence-corrected chi connectivity index (χ3v) is 4.60. The number of benzene rings is 1. The van der Waals surface area contributed by atoms with Crippen LogP contribution in [0.15, 0.2) is 28.7 Å². The van der Waals surface area contributed by atoms with Crippen LogP contribution < -0.4 is 9.64 Å². The van der Waals surface area contributed by atoms with Crippen LogP contribution in [-0.2, 0) is 17.9 Å². The Morgan fingerprint density at radius 3 is 2.90 bits per heavy atom. The van der Waals surface area contributed by atoms with Crippen LogP contribution in [0.4, 0.5) is 5.69 Å². The number of rotatable bonds is 3. The predicted molar refractivity (Wildman–Crippen MR) is 83.5 cm³/mol. The van der Waals surface area contributed by atoms with Crippen molar-refractivity contribution in [1.29, 1.82) is 0 Å². The number of nitrogens with zero attached hydrogens (tertiary/aromatic N) is 3. The van der Waals surface area contributed by atoms with Crippen molar-refractivity contribution in [1.82, 2.24) is 9.78 Å². The first-order chi connectivity index (χ1) is 10.1. The van der Waals surface area contributed by atoms with Crippen LogP contribution in [0.2, 0.25) is 0 Å². The van der Waals surface area contributed by atoms with E-state index >= 15 is 0 Å². The lowest BCUT2D eigenvalue weighted by atomic mass is 10.2. The summed E-state index contributed by atoms with van der Waals surface area (Å²) in [6, 6.07) is 7.60. The van der Waals surface area contributed by atoms with Crippen LogP contribution >= 0.6 is 15.9 Å². The zero-order valence-electron chi connectivity index (χ0n) is 12.0. The first-order valence-electron chi connectivity index (χ1n) is 6.85. The minimum atomic E-state index is -0.0397. The van der Waals surface area contributed by atoms with Crippen LogP contribution in [0.25, 0.3) is 0 Å². The predicted octanol–water partition coefficient (Wildman–Crippen LogP) is 2.90. The average molecular weight is 350 g/mol. The maximum atomic E-state index is 12.2. The highest BCUT2D eigenvalue weighted by atomic mass is 79.9. The zero-order chi connectivity index (χ0) is 15.0. The highest BCUT2D eigenvalue weighted by molar-refractivity contribution is 9.10. The maximum absolute atomic E-state index is 12.2. The molecule has 6 heteroatoms. The summed E-state index contributed by atoms with van der Waals surface area (Å²) in [5.74, 6) is 0.703. The van der Waals surface area contributed by atoms with Crippen molar-refractivity contribution in [2.24, 2.45) is 0 Å². The molecule has 3 rings (SSSR count). The molecule has 2 heterocycles. The molecule has 0 unspecified atom stereocenters. The van der Waals surface area contributed by atoms with Gasteiger partial charge in [-0.25, -0.2) is 0 Å². The molecular weight excluding hydrogens is 334 g/mol. The first-order valence-corrected chi connectivity index (χ1v) is 7.65. The molecule has 21 heavy (non-hydrogen) atoms. The van der Waals surface area contributed by atoms with E-state index in [1.165, 1.54) is 0 Å². The van der Waals surface area contributed by atoms with Crippen molar-refractivity contribution < 1.29 is 9.53 Å². The highest BCUT2D eigenvalue weighted by Crippen LogP contribution is 2.33. The number of hydrogen-bond acceptors (Lipinski definition) is 3. The van der Waals surface area contributed by atoms with Crippen molar-refractivity contribution in [3.63, 3.8) is 0 Å². The van der Waals surface area contributed by atoms with Crippen LogP contribution in [0.1, 0.15) is 18.3 Å². The molecule has 0 saturated heterocycles. The van der Waals surface area contributed by atoms with Gasteiger partial charge in [0.15, 0.2) is 6.61 Å². The number of para-hydroxylation sites is 2. The molecule has 2 aromatic rings. The quantitative estimate of drug-likeness (QED) is 0.855. The zero-order valence-corrected chi connectivity index (χ0v) is 13.6. The SMILES string of the molecule is CCn1nc(C)c(Br)c1CN1C(=O)COc2ccccc21. The van der Waals surface area contributed by atoms with Crippen molar-refractivity contribution in [2.75, 3.05) is 11.5 Å². The number of halogens is 1. The molecular formula is C15H16BrN3O2. The Hall–Kier alpha value is -1.82. The second kappa shape index (κ2) is 5.52.